The summed E-state index contributed by atoms with van der Waals surface area (Å²) in [7, 11) is 0. The summed E-state index contributed by atoms with van der Waals surface area (Å²) in [5.41, 5.74) is 0. The predicted octanol–water partition coefficient (Wildman–Crippen LogP) is 1.03. The summed E-state index contributed by atoms with van der Waals surface area (Å²) < 4.78 is 5.12. The van der Waals surface area contributed by atoms with Gasteiger partial charge in [-0.3, -0.25) is 9.59 Å². The zero-order chi connectivity index (χ0) is 12.6. The van der Waals surface area contributed by atoms with Gasteiger partial charge < -0.3 is 15.2 Å². The third-order valence-corrected chi connectivity index (χ3v) is 2.40. The van der Waals surface area contributed by atoms with Gasteiger partial charge >= 0.3 is 5.97 Å². The lowest BCUT2D eigenvalue weighted by Crippen LogP contribution is -2.41. The smallest absolute Gasteiger partial charge is 0.308 e. The molecule has 0 aliphatic heterocycles. The summed E-state index contributed by atoms with van der Waals surface area (Å²) in [6, 6.07) is -0.389. The van der Waals surface area contributed by atoms with Crippen LogP contribution in [0.2, 0.25) is 0 Å². The fraction of sp³-hybridized carbons (Fsp3) is 0.818. The molecule has 5 nitrogen and oxygen atoms in total. The molecule has 0 saturated carbocycles. The van der Waals surface area contributed by atoms with Gasteiger partial charge in [0.15, 0.2) is 0 Å². The summed E-state index contributed by atoms with van der Waals surface area (Å²) in [4.78, 5) is 22.0. The van der Waals surface area contributed by atoms with Crippen LogP contribution in [0.1, 0.15) is 33.6 Å². The molecule has 0 rings (SSSR count). The van der Waals surface area contributed by atoms with Crippen LogP contribution >= 0.6 is 0 Å². The highest BCUT2D eigenvalue weighted by atomic mass is 16.5. The van der Waals surface area contributed by atoms with Crippen molar-refractivity contribution in [1.29, 1.82) is 0 Å². The maximum atomic E-state index is 11.3. The van der Waals surface area contributed by atoms with Crippen LogP contribution in [-0.4, -0.2) is 36.2 Å². The van der Waals surface area contributed by atoms with E-state index in [0.717, 1.165) is 12.8 Å². The summed E-state index contributed by atoms with van der Waals surface area (Å²) in [6.45, 7) is 5.83. The molecule has 0 bridgehead atoms. The molecule has 0 saturated heterocycles. The first-order valence-electron chi connectivity index (χ1n) is 5.59. The second-order valence-electron chi connectivity index (χ2n) is 3.89. The molecule has 94 valence electrons. The van der Waals surface area contributed by atoms with Gasteiger partial charge in [-0.15, -0.1) is 0 Å². The Morgan fingerprint density at radius 3 is 2.50 bits per heavy atom. The number of aliphatic carboxylic acids is 1. The Balaban J connectivity index is 3.74. The molecule has 2 atom stereocenters. The molecule has 0 heterocycles. The lowest BCUT2D eigenvalue weighted by molar-refractivity contribution is -0.142. The number of hydrogen-bond acceptors (Lipinski definition) is 3. The fourth-order valence-corrected chi connectivity index (χ4v) is 1.05. The van der Waals surface area contributed by atoms with E-state index in [4.69, 9.17) is 9.84 Å². The average Bonchev–Trinajstić information content (AvgIpc) is 2.23. The summed E-state index contributed by atoms with van der Waals surface area (Å²) >= 11 is 0. The molecule has 0 aromatic rings. The van der Waals surface area contributed by atoms with Crippen LogP contribution in [-0.2, 0) is 14.3 Å². The van der Waals surface area contributed by atoms with E-state index in [-0.39, 0.29) is 18.6 Å². The van der Waals surface area contributed by atoms with Crippen molar-refractivity contribution in [2.75, 3.05) is 13.2 Å². The largest absolute Gasteiger partial charge is 0.481 e. The minimum atomic E-state index is -0.917. The van der Waals surface area contributed by atoms with E-state index in [9.17, 15) is 9.59 Å². The van der Waals surface area contributed by atoms with Crippen LogP contribution in [0.5, 0.6) is 0 Å². The number of carboxylic acids is 1. The molecule has 0 spiro atoms. The molecule has 0 fully saturated rings. The molecular weight excluding hydrogens is 210 g/mol. The topological polar surface area (TPSA) is 75.6 Å². The third-order valence-electron chi connectivity index (χ3n) is 2.40. The normalized spacial score (nSPS) is 14.2. The summed E-state index contributed by atoms with van der Waals surface area (Å²) in [5.74, 6) is -1.78. The molecule has 0 radical (unpaired) electrons. The Labute approximate surface area is 96.2 Å². The van der Waals surface area contributed by atoms with Crippen molar-refractivity contribution in [2.24, 2.45) is 5.92 Å². The van der Waals surface area contributed by atoms with E-state index >= 15 is 0 Å². The predicted molar refractivity (Wildman–Crippen MR) is 60.1 cm³/mol. The average molecular weight is 231 g/mol. The zero-order valence-electron chi connectivity index (χ0n) is 10.2. The van der Waals surface area contributed by atoms with Gasteiger partial charge in [0.1, 0.15) is 6.61 Å². The highest BCUT2D eigenvalue weighted by Gasteiger charge is 2.20. The second kappa shape index (κ2) is 8.10. The van der Waals surface area contributed by atoms with Gasteiger partial charge in [0.05, 0.1) is 5.92 Å². The van der Waals surface area contributed by atoms with Crippen LogP contribution < -0.4 is 5.32 Å². The number of hydrogen-bond donors (Lipinski definition) is 2. The van der Waals surface area contributed by atoms with Gasteiger partial charge in [0, 0.05) is 12.6 Å². The van der Waals surface area contributed by atoms with Gasteiger partial charge in [0.2, 0.25) is 5.91 Å². The van der Waals surface area contributed by atoms with Crippen LogP contribution in [0.25, 0.3) is 0 Å². The van der Waals surface area contributed by atoms with Crippen molar-refractivity contribution in [3.63, 3.8) is 0 Å². The maximum absolute atomic E-state index is 11.3. The molecule has 2 unspecified atom stereocenters. The molecule has 2 N–H and O–H groups in total. The molecule has 1 amide bonds. The van der Waals surface area contributed by atoms with Crippen molar-refractivity contribution >= 4 is 11.9 Å². The first-order chi connectivity index (χ1) is 7.49. The molecule has 0 aromatic heterocycles. The Bertz CT molecular complexity index is 230. The lowest BCUT2D eigenvalue weighted by Gasteiger charge is -2.17. The molecule has 16 heavy (non-hydrogen) atoms. The highest BCUT2D eigenvalue weighted by Crippen LogP contribution is 2.01. The Kier molecular flexibility index (Phi) is 7.54. The quantitative estimate of drug-likeness (QED) is 0.612. The molecular formula is C11H21NO4. The van der Waals surface area contributed by atoms with E-state index in [1.165, 1.54) is 0 Å². The fourth-order valence-electron chi connectivity index (χ4n) is 1.05. The first kappa shape index (κ1) is 14.9. The van der Waals surface area contributed by atoms with Gasteiger partial charge in [-0.2, -0.15) is 0 Å². The van der Waals surface area contributed by atoms with Crippen molar-refractivity contribution < 1.29 is 19.4 Å². The van der Waals surface area contributed by atoms with Crippen molar-refractivity contribution in [2.45, 2.75) is 39.7 Å². The van der Waals surface area contributed by atoms with Gasteiger partial charge in [-0.25, -0.2) is 0 Å². The number of carbonyl (C=O) groups is 2. The number of ether oxygens (including phenoxy) is 1. The Morgan fingerprint density at radius 1 is 1.38 bits per heavy atom. The highest BCUT2D eigenvalue weighted by molar-refractivity contribution is 5.78. The minimum Gasteiger partial charge on any atom is -0.481 e. The summed E-state index contributed by atoms with van der Waals surface area (Å²) in [6.07, 6.45) is 1.95. The van der Waals surface area contributed by atoms with Crippen LogP contribution in [0, 0.1) is 5.92 Å². The molecule has 0 aromatic carbocycles. The van der Waals surface area contributed by atoms with Gasteiger partial charge in [-0.05, 0) is 20.3 Å². The van der Waals surface area contributed by atoms with E-state index in [1.54, 1.807) is 13.8 Å². The van der Waals surface area contributed by atoms with Gasteiger partial charge in [-0.1, -0.05) is 13.3 Å². The number of rotatable bonds is 8. The molecule has 5 heteroatoms. The lowest BCUT2D eigenvalue weighted by atomic mass is 10.0. The Morgan fingerprint density at radius 2 is 2.00 bits per heavy atom. The second-order valence-corrected chi connectivity index (χ2v) is 3.89. The SMILES string of the molecule is CCCCOCC(=O)NC(C)C(C)C(=O)O. The van der Waals surface area contributed by atoms with E-state index in [0.29, 0.717) is 6.61 Å². The summed E-state index contributed by atoms with van der Waals surface area (Å²) in [5, 5.41) is 11.3. The Hall–Kier alpha value is -1.10. The number of carboxylic acid groups (broad SMARTS) is 1. The first-order valence-corrected chi connectivity index (χ1v) is 5.59. The number of amides is 1. The zero-order valence-corrected chi connectivity index (χ0v) is 10.2. The van der Waals surface area contributed by atoms with Crippen molar-refractivity contribution in [1.82, 2.24) is 5.32 Å². The third kappa shape index (κ3) is 6.40. The van der Waals surface area contributed by atoms with Crippen LogP contribution in [0.15, 0.2) is 0 Å². The van der Waals surface area contributed by atoms with E-state index < -0.39 is 11.9 Å². The van der Waals surface area contributed by atoms with E-state index in [2.05, 4.69) is 5.32 Å². The monoisotopic (exact) mass is 231 g/mol. The minimum absolute atomic E-state index is 0.00329. The van der Waals surface area contributed by atoms with Crippen molar-refractivity contribution in [3.05, 3.63) is 0 Å². The molecule has 0 aliphatic carbocycles. The standard InChI is InChI=1S/C11H21NO4/c1-4-5-6-16-7-10(13)12-9(3)8(2)11(14)15/h8-9H,4-7H2,1-3H3,(H,12,13)(H,14,15). The van der Waals surface area contributed by atoms with Crippen LogP contribution in [0.3, 0.4) is 0 Å². The maximum Gasteiger partial charge on any atom is 0.308 e. The van der Waals surface area contributed by atoms with Gasteiger partial charge in [0.25, 0.3) is 0 Å². The number of carbonyl (C=O) groups excluding carboxylic acids is 1. The van der Waals surface area contributed by atoms with E-state index in [1.807, 2.05) is 6.92 Å². The number of unbranched alkanes of at least 4 members (excludes halogenated alkanes) is 1. The van der Waals surface area contributed by atoms with Crippen LogP contribution in [0.4, 0.5) is 0 Å². The van der Waals surface area contributed by atoms with Crippen molar-refractivity contribution in [3.8, 4) is 0 Å². The number of nitrogens with one attached hydrogen (secondary N) is 1. The molecule has 0 aliphatic rings.